The number of hydrogen-bond donors (Lipinski definition) is 2. The Bertz CT molecular complexity index is 1740. The third kappa shape index (κ3) is 5.08. The average Bonchev–Trinajstić information content (AvgIpc) is 2.99. The minimum Gasteiger partial charge on any atom is -0.398 e. The number of hydrogen-bond acceptors (Lipinski definition) is 2. The molecule has 0 heterocycles. The van der Waals surface area contributed by atoms with Crippen LogP contribution in [0.4, 0.5) is 11.4 Å². The van der Waals surface area contributed by atoms with Crippen molar-refractivity contribution in [2.75, 3.05) is 11.5 Å². The van der Waals surface area contributed by atoms with Crippen LogP contribution in [-0.4, -0.2) is 0 Å². The van der Waals surface area contributed by atoms with Gasteiger partial charge < -0.3 is 11.5 Å². The quantitative estimate of drug-likeness (QED) is 0.212. The number of nitrogens with two attached hydrogens (primary N) is 2. The molecular formula is C40H36N2. The van der Waals surface area contributed by atoms with Crippen molar-refractivity contribution >= 4 is 11.4 Å². The number of rotatable bonds is 5. The maximum absolute atomic E-state index is 7.14. The van der Waals surface area contributed by atoms with Crippen molar-refractivity contribution in [2.24, 2.45) is 0 Å². The number of nitrogen functional groups attached to an aromatic ring is 2. The predicted octanol–water partition coefficient (Wildman–Crippen LogP) is 10.4. The molecule has 2 nitrogen and oxygen atoms in total. The van der Waals surface area contributed by atoms with Gasteiger partial charge in [-0.25, -0.2) is 0 Å². The first-order valence-corrected chi connectivity index (χ1v) is 14.4. The molecule has 0 aromatic heterocycles. The van der Waals surface area contributed by atoms with Crippen molar-refractivity contribution in [1.29, 1.82) is 0 Å². The van der Waals surface area contributed by atoms with E-state index in [1.54, 1.807) is 0 Å². The average molecular weight is 545 g/mol. The van der Waals surface area contributed by atoms with Gasteiger partial charge in [0.05, 0.1) is 0 Å². The molecule has 0 saturated heterocycles. The van der Waals surface area contributed by atoms with E-state index in [0.29, 0.717) is 0 Å². The van der Waals surface area contributed by atoms with Crippen molar-refractivity contribution in [2.45, 2.75) is 27.7 Å². The summed E-state index contributed by atoms with van der Waals surface area (Å²) in [5.41, 5.74) is 31.2. The van der Waals surface area contributed by atoms with Crippen LogP contribution in [0.25, 0.3) is 55.6 Å². The summed E-state index contributed by atoms with van der Waals surface area (Å²) < 4.78 is 0. The Balaban J connectivity index is 1.60. The maximum atomic E-state index is 7.14. The second-order valence-corrected chi connectivity index (χ2v) is 11.4. The zero-order chi connectivity index (χ0) is 29.4. The molecule has 0 unspecified atom stereocenters. The van der Waals surface area contributed by atoms with E-state index in [-0.39, 0.29) is 0 Å². The first kappa shape index (κ1) is 27.1. The van der Waals surface area contributed by atoms with E-state index in [4.69, 9.17) is 11.5 Å². The lowest BCUT2D eigenvalue weighted by atomic mass is 9.85. The molecule has 0 bridgehead atoms. The van der Waals surface area contributed by atoms with Gasteiger partial charge in [0.25, 0.3) is 0 Å². The maximum Gasteiger partial charge on any atom is 0.0480 e. The largest absolute Gasteiger partial charge is 0.398 e. The van der Waals surface area contributed by atoms with E-state index >= 15 is 0 Å². The highest BCUT2D eigenvalue weighted by Crippen LogP contribution is 2.47. The van der Waals surface area contributed by atoms with E-state index in [1.165, 1.54) is 22.3 Å². The SMILES string of the molecule is Cc1ccc(-c2ccc(-c3ccc(-c4ccc(C)cc4)c(-c4ccc(C)cc4)c3N)c(N)c2-c2ccc(C)cc2)cc1. The third-order valence-electron chi connectivity index (χ3n) is 8.19. The summed E-state index contributed by atoms with van der Waals surface area (Å²) >= 11 is 0. The summed E-state index contributed by atoms with van der Waals surface area (Å²) in [5.74, 6) is 0. The Morgan fingerprint density at radius 3 is 0.810 bits per heavy atom. The van der Waals surface area contributed by atoms with E-state index in [9.17, 15) is 0 Å². The van der Waals surface area contributed by atoms with Gasteiger partial charge >= 0.3 is 0 Å². The van der Waals surface area contributed by atoms with Gasteiger partial charge in [0, 0.05) is 33.6 Å². The van der Waals surface area contributed by atoms with E-state index < -0.39 is 0 Å². The Hall–Kier alpha value is -5.08. The van der Waals surface area contributed by atoms with Gasteiger partial charge in [0.2, 0.25) is 0 Å². The fourth-order valence-electron chi connectivity index (χ4n) is 5.72. The van der Waals surface area contributed by atoms with Crippen LogP contribution in [0.3, 0.4) is 0 Å². The smallest absolute Gasteiger partial charge is 0.0480 e. The van der Waals surface area contributed by atoms with Crippen LogP contribution in [0, 0.1) is 27.7 Å². The molecule has 0 saturated carbocycles. The van der Waals surface area contributed by atoms with Crippen molar-refractivity contribution in [1.82, 2.24) is 0 Å². The van der Waals surface area contributed by atoms with E-state index in [0.717, 1.165) is 67.0 Å². The lowest BCUT2D eigenvalue weighted by Crippen LogP contribution is -2.01. The van der Waals surface area contributed by atoms with Gasteiger partial charge in [0.1, 0.15) is 0 Å². The van der Waals surface area contributed by atoms with Gasteiger partial charge in [-0.1, -0.05) is 144 Å². The molecule has 42 heavy (non-hydrogen) atoms. The van der Waals surface area contributed by atoms with Crippen LogP contribution in [-0.2, 0) is 0 Å². The highest BCUT2D eigenvalue weighted by Gasteiger charge is 2.20. The molecule has 0 amide bonds. The van der Waals surface area contributed by atoms with Gasteiger partial charge in [-0.05, 0) is 61.1 Å². The first-order valence-electron chi connectivity index (χ1n) is 14.4. The molecule has 0 radical (unpaired) electrons. The van der Waals surface area contributed by atoms with Crippen LogP contribution in [0.5, 0.6) is 0 Å². The van der Waals surface area contributed by atoms with E-state index in [2.05, 4.69) is 149 Å². The minimum absolute atomic E-state index is 0.724. The van der Waals surface area contributed by atoms with Crippen molar-refractivity contribution in [3.63, 3.8) is 0 Å². The number of aryl methyl sites for hydroxylation is 4. The predicted molar refractivity (Wildman–Crippen MR) is 181 cm³/mol. The highest BCUT2D eigenvalue weighted by molar-refractivity contribution is 6.04. The molecular weight excluding hydrogens is 508 g/mol. The molecule has 2 heteroatoms. The third-order valence-corrected chi connectivity index (χ3v) is 8.19. The van der Waals surface area contributed by atoms with Gasteiger partial charge in [-0.15, -0.1) is 0 Å². The monoisotopic (exact) mass is 544 g/mol. The van der Waals surface area contributed by atoms with Crippen LogP contribution < -0.4 is 11.5 Å². The zero-order valence-electron chi connectivity index (χ0n) is 24.7. The lowest BCUT2D eigenvalue weighted by Gasteiger charge is -2.21. The molecule has 0 aliphatic rings. The summed E-state index contributed by atoms with van der Waals surface area (Å²) in [5, 5.41) is 0. The standard InChI is InChI=1S/C40H36N2/c1-25-5-13-29(14-6-25)33-21-23-35(39(41)37(33)31-17-9-27(3)10-18-31)36-24-22-34(30-15-7-26(2)8-16-30)38(40(36)42)32-19-11-28(4)12-20-32/h5-24H,41-42H2,1-4H3. The molecule has 6 rings (SSSR count). The van der Waals surface area contributed by atoms with Crippen LogP contribution in [0.1, 0.15) is 22.3 Å². The topological polar surface area (TPSA) is 52.0 Å². The number of anilines is 2. The summed E-state index contributed by atoms with van der Waals surface area (Å²) in [6, 6.07) is 43.1. The summed E-state index contributed by atoms with van der Waals surface area (Å²) in [7, 11) is 0. The number of benzene rings is 6. The molecule has 0 spiro atoms. The lowest BCUT2D eigenvalue weighted by molar-refractivity contribution is 1.45. The second kappa shape index (κ2) is 11.1. The minimum atomic E-state index is 0.724. The van der Waals surface area contributed by atoms with Crippen LogP contribution in [0.15, 0.2) is 121 Å². The molecule has 6 aromatic carbocycles. The Kier molecular flexibility index (Phi) is 7.14. The Morgan fingerprint density at radius 1 is 0.286 bits per heavy atom. The van der Waals surface area contributed by atoms with Gasteiger partial charge in [0.15, 0.2) is 0 Å². The first-order chi connectivity index (χ1) is 20.3. The summed E-state index contributed by atoms with van der Waals surface area (Å²) in [6.45, 7) is 8.42. The van der Waals surface area contributed by atoms with Gasteiger partial charge in [-0.3, -0.25) is 0 Å². The van der Waals surface area contributed by atoms with Crippen LogP contribution >= 0.6 is 0 Å². The molecule has 0 aliphatic carbocycles. The van der Waals surface area contributed by atoms with Crippen LogP contribution in [0.2, 0.25) is 0 Å². The fourth-order valence-corrected chi connectivity index (χ4v) is 5.72. The van der Waals surface area contributed by atoms with E-state index in [1.807, 2.05) is 0 Å². The molecule has 6 aromatic rings. The second-order valence-electron chi connectivity index (χ2n) is 11.4. The molecule has 0 fully saturated rings. The highest BCUT2D eigenvalue weighted by atomic mass is 14.6. The molecule has 0 aliphatic heterocycles. The summed E-state index contributed by atoms with van der Waals surface area (Å²) in [6.07, 6.45) is 0. The molecule has 4 N–H and O–H groups in total. The Labute approximate surface area is 249 Å². The molecule has 206 valence electrons. The Morgan fingerprint density at radius 2 is 0.524 bits per heavy atom. The summed E-state index contributed by atoms with van der Waals surface area (Å²) in [4.78, 5) is 0. The normalized spacial score (nSPS) is 11.0. The van der Waals surface area contributed by atoms with Crippen molar-refractivity contribution < 1.29 is 0 Å². The fraction of sp³-hybridized carbons (Fsp3) is 0.100. The van der Waals surface area contributed by atoms with Crippen molar-refractivity contribution in [3.8, 4) is 55.6 Å². The molecule has 0 atom stereocenters. The van der Waals surface area contributed by atoms with Crippen molar-refractivity contribution in [3.05, 3.63) is 144 Å². The zero-order valence-corrected chi connectivity index (χ0v) is 24.7. The van der Waals surface area contributed by atoms with Gasteiger partial charge in [-0.2, -0.15) is 0 Å².